The van der Waals surface area contributed by atoms with Gasteiger partial charge in [0.15, 0.2) is 0 Å². The van der Waals surface area contributed by atoms with Gasteiger partial charge in [-0.25, -0.2) is 9.78 Å². The average Bonchev–Trinajstić information content (AvgIpc) is 3.63. The van der Waals surface area contributed by atoms with Gasteiger partial charge in [-0.2, -0.15) is 0 Å². The van der Waals surface area contributed by atoms with Crippen LogP contribution in [0.1, 0.15) is 39.1 Å². The van der Waals surface area contributed by atoms with Crippen molar-refractivity contribution in [2.24, 2.45) is 0 Å². The standard InChI is InChI=1S/C24H20Cl2N4O4/c1-30(23(33)34)24(10-11-24)15-4-2-14(3-5-15)21(31)28-19-8-6-16(25)12-18(19)22(32)29-20-9-7-17(26)13-27-20/h2-9,12-13H,10-11H2,1H3,(H,28,31)(H,33,34)(H,27,29,32). The van der Waals surface area contributed by atoms with Gasteiger partial charge in [0.25, 0.3) is 11.8 Å². The molecule has 1 fully saturated rings. The van der Waals surface area contributed by atoms with Crippen LogP contribution in [0.2, 0.25) is 10.0 Å². The van der Waals surface area contributed by atoms with E-state index in [0.717, 1.165) is 18.4 Å². The lowest BCUT2D eigenvalue weighted by Gasteiger charge is -2.26. The van der Waals surface area contributed by atoms with Gasteiger partial charge in [0.1, 0.15) is 5.82 Å². The molecule has 3 amide bonds. The number of nitrogens with one attached hydrogen (secondary N) is 2. The minimum absolute atomic E-state index is 0.161. The first-order valence-electron chi connectivity index (χ1n) is 10.3. The summed E-state index contributed by atoms with van der Waals surface area (Å²) < 4.78 is 0. The molecule has 1 saturated carbocycles. The van der Waals surface area contributed by atoms with Gasteiger partial charge in [-0.05, 0) is 60.9 Å². The van der Waals surface area contributed by atoms with Crippen molar-refractivity contribution in [3.8, 4) is 0 Å². The van der Waals surface area contributed by atoms with Gasteiger partial charge >= 0.3 is 6.09 Å². The van der Waals surface area contributed by atoms with Crippen molar-refractivity contribution in [2.45, 2.75) is 18.4 Å². The topological polar surface area (TPSA) is 112 Å². The zero-order valence-electron chi connectivity index (χ0n) is 18.0. The third-order valence-corrected chi connectivity index (χ3v) is 6.24. The molecule has 4 rings (SSSR count). The molecule has 0 radical (unpaired) electrons. The number of carbonyl (C=O) groups excluding carboxylic acids is 2. The molecule has 10 heteroatoms. The van der Waals surface area contributed by atoms with Crippen LogP contribution in [-0.4, -0.2) is 39.9 Å². The number of benzene rings is 2. The molecule has 34 heavy (non-hydrogen) atoms. The summed E-state index contributed by atoms with van der Waals surface area (Å²) in [5, 5.41) is 15.5. The van der Waals surface area contributed by atoms with Crippen LogP contribution < -0.4 is 10.6 Å². The first kappa shape index (κ1) is 23.5. The summed E-state index contributed by atoms with van der Waals surface area (Å²) in [4.78, 5) is 42.4. The highest BCUT2D eigenvalue weighted by molar-refractivity contribution is 6.31. The summed E-state index contributed by atoms with van der Waals surface area (Å²) >= 11 is 11.9. The van der Waals surface area contributed by atoms with Crippen LogP contribution in [0.15, 0.2) is 60.8 Å². The molecule has 3 aromatic rings. The highest BCUT2D eigenvalue weighted by Gasteiger charge is 2.50. The number of rotatable bonds is 6. The van der Waals surface area contributed by atoms with Gasteiger partial charge in [0.05, 0.1) is 21.8 Å². The van der Waals surface area contributed by atoms with Crippen LogP contribution in [0.4, 0.5) is 16.3 Å². The molecule has 0 aliphatic heterocycles. The molecule has 2 aromatic carbocycles. The summed E-state index contributed by atoms with van der Waals surface area (Å²) in [6.07, 6.45) is 1.86. The zero-order valence-corrected chi connectivity index (χ0v) is 19.5. The smallest absolute Gasteiger partial charge is 0.407 e. The monoisotopic (exact) mass is 498 g/mol. The van der Waals surface area contributed by atoms with Crippen LogP contribution in [0.25, 0.3) is 0 Å². The fourth-order valence-corrected chi connectivity index (χ4v) is 3.98. The molecule has 0 spiro atoms. The number of aromatic nitrogens is 1. The molecule has 1 aliphatic carbocycles. The Morgan fingerprint density at radius 1 is 0.941 bits per heavy atom. The van der Waals surface area contributed by atoms with E-state index in [1.807, 2.05) is 0 Å². The normalized spacial score (nSPS) is 13.6. The van der Waals surface area contributed by atoms with E-state index in [9.17, 15) is 19.5 Å². The summed E-state index contributed by atoms with van der Waals surface area (Å²) in [6.45, 7) is 0. The quantitative estimate of drug-likeness (QED) is 0.415. The van der Waals surface area contributed by atoms with Gasteiger partial charge in [-0.1, -0.05) is 35.3 Å². The number of hydrogen-bond donors (Lipinski definition) is 3. The van der Waals surface area contributed by atoms with Crippen molar-refractivity contribution in [3.63, 3.8) is 0 Å². The van der Waals surface area contributed by atoms with Gasteiger partial charge in [-0.3, -0.25) is 9.59 Å². The van der Waals surface area contributed by atoms with E-state index in [1.165, 1.54) is 17.2 Å². The average molecular weight is 499 g/mol. The maximum Gasteiger partial charge on any atom is 0.407 e. The first-order chi connectivity index (χ1) is 16.2. The van der Waals surface area contributed by atoms with E-state index < -0.39 is 23.4 Å². The lowest BCUT2D eigenvalue weighted by Crippen LogP contribution is -2.36. The Labute approximate surface area is 205 Å². The summed E-state index contributed by atoms with van der Waals surface area (Å²) in [5.41, 5.74) is 1.08. The Hall–Kier alpha value is -3.62. The fourth-order valence-electron chi connectivity index (χ4n) is 3.69. The molecule has 0 bridgehead atoms. The molecule has 174 valence electrons. The number of hydrogen-bond acceptors (Lipinski definition) is 4. The predicted molar refractivity (Wildman–Crippen MR) is 130 cm³/mol. The minimum atomic E-state index is -0.998. The van der Waals surface area contributed by atoms with E-state index in [0.29, 0.717) is 21.4 Å². The van der Waals surface area contributed by atoms with Gasteiger partial charge in [0, 0.05) is 23.8 Å². The molecule has 0 saturated heterocycles. The summed E-state index contributed by atoms with van der Waals surface area (Å²) in [7, 11) is 1.54. The second-order valence-corrected chi connectivity index (χ2v) is 8.78. The third-order valence-electron chi connectivity index (χ3n) is 5.78. The Bertz CT molecular complexity index is 1260. The van der Waals surface area contributed by atoms with Crippen molar-refractivity contribution >= 4 is 52.6 Å². The van der Waals surface area contributed by atoms with E-state index in [1.54, 1.807) is 55.6 Å². The molecule has 8 nitrogen and oxygen atoms in total. The van der Waals surface area contributed by atoms with E-state index in [-0.39, 0.29) is 11.3 Å². The van der Waals surface area contributed by atoms with E-state index in [2.05, 4.69) is 15.6 Å². The largest absolute Gasteiger partial charge is 0.465 e. The molecule has 3 N–H and O–H groups in total. The third kappa shape index (κ3) is 4.83. The SMILES string of the molecule is CN(C(=O)O)C1(c2ccc(C(=O)Nc3ccc(Cl)cc3C(=O)Nc3ccc(Cl)cn3)cc2)CC1. The van der Waals surface area contributed by atoms with Crippen molar-refractivity contribution in [2.75, 3.05) is 17.7 Å². The Kier molecular flexibility index (Phi) is 6.45. The second-order valence-electron chi connectivity index (χ2n) is 7.91. The maximum atomic E-state index is 12.9. The fraction of sp³-hybridized carbons (Fsp3) is 0.167. The number of halogens is 2. The van der Waals surface area contributed by atoms with Crippen LogP contribution >= 0.6 is 23.2 Å². The second kappa shape index (κ2) is 9.32. The Morgan fingerprint density at radius 2 is 1.62 bits per heavy atom. The van der Waals surface area contributed by atoms with Crippen molar-refractivity contribution in [3.05, 3.63) is 87.5 Å². The lowest BCUT2D eigenvalue weighted by molar-refractivity contribution is 0.102. The molecular formula is C24H20Cl2N4O4. The van der Waals surface area contributed by atoms with Gasteiger partial charge < -0.3 is 20.6 Å². The molecule has 0 unspecified atom stereocenters. The van der Waals surface area contributed by atoms with Crippen LogP contribution in [0.3, 0.4) is 0 Å². The number of carbonyl (C=O) groups is 3. The number of pyridine rings is 1. The highest BCUT2D eigenvalue weighted by Crippen LogP contribution is 2.50. The Morgan fingerprint density at radius 3 is 2.21 bits per heavy atom. The van der Waals surface area contributed by atoms with Crippen LogP contribution in [0.5, 0.6) is 0 Å². The lowest BCUT2D eigenvalue weighted by atomic mass is 10.0. The van der Waals surface area contributed by atoms with Gasteiger partial charge in [-0.15, -0.1) is 0 Å². The van der Waals surface area contributed by atoms with E-state index in [4.69, 9.17) is 23.2 Å². The van der Waals surface area contributed by atoms with Gasteiger partial charge in [0.2, 0.25) is 0 Å². The summed E-state index contributed by atoms with van der Waals surface area (Å²) in [6, 6.07) is 14.5. The predicted octanol–water partition coefficient (Wildman–Crippen LogP) is 5.49. The van der Waals surface area contributed by atoms with Crippen LogP contribution in [0, 0.1) is 0 Å². The molecule has 0 atom stereocenters. The zero-order chi connectivity index (χ0) is 24.5. The van der Waals surface area contributed by atoms with Crippen LogP contribution in [-0.2, 0) is 5.54 Å². The van der Waals surface area contributed by atoms with Crippen molar-refractivity contribution < 1.29 is 19.5 Å². The first-order valence-corrected chi connectivity index (χ1v) is 11.1. The van der Waals surface area contributed by atoms with Crippen molar-refractivity contribution in [1.82, 2.24) is 9.88 Å². The number of carboxylic acid groups (broad SMARTS) is 1. The molecule has 1 aromatic heterocycles. The number of amides is 3. The highest BCUT2D eigenvalue weighted by atomic mass is 35.5. The maximum absolute atomic E-state index is 12.9. The van der Waals surface area contributed by atoms with Crippen molar-refractivity contribution in [1.29, 1.82) is 0 Å². The minimum Gasteiger partial charge on any atom is -0.465 e. The molecular weight excluding hydrogens is 479 g/mol. The van der Waals surface area contributed by atoms with E-state index >= 15 is 0 Å². The Balaban J connectivity index is 1.51. The summed E-state index contributed by atoms with van der Waals surface area (Å²) in [5.74, 6) is -0.637. The molecule has 1 heterocycles. The number of anilines is 2. The number of nitrogens with zero attached hydrogens (tertiary/aromatic N) is 2. The molecule has 1 aliphatic rings.